The van der Waals surface area contributed by atoms with Gasteiger partial charge in [-0.2, -0.15) is 0 Å². The lowest BCUT2D eigenvalue weighted by Crippen LogP contribution is -2.33. The molecular formula is C16H24O3. The molecule has 0 aromatic carbocycles. The Hall–Kier alpha value is -0.830. The van der Waals surface area contributed by atoms with Crippen molar-refractivity contribution in [3.05, 3.63) is 11.3 Å². The van der Waals surface area contributed by atoms with E-state index in [0.717, 1.165) is 37.9 Å². The van der Waals surface area contributed by atoms with Crippen LogP contribution in [0, 0.1) is 17.3 Å². The number of carbonyl (C=O) groups excluding carboxylic acids is 1. The molecule has 0 heterocycles. The second-order valence-corrected chi connectivity index (χ2v) is 7.29. The Morgan fingerprint density at radius 2 is 2.21 bits per heavy atom. The van der Waals surface area contributed by atoms with E-state index in [4.69, 9.17) is 4.74 Å². The van der Waals surface area contributed by atoms with E-state index in [-0.39, 0.29) is 5.97 Å². The molecule has 0 aromatic rings. The smallest absolute Gasteiger partial charge is 0.316 e. The zero-order valence-corrected chi connectivity index (χ0v) is 12.2. The zero-order valence-electron chi connectivity index (χ0n) is 12.2. The number of esters is 1. The second kappa shape index (κ2) is 4.08. The van der Waals surface area contributed by atoms with E-state index in [9.17, 15) is 9.90 Å². The van der Waals surface area contributed by atoms with Crippen LogP contribution in [0.5, 0.6) is 0 Å². The fourth-order valence-electron chi connectivity index (χ4n) is 3.93. The minimum absolute atomic E-state index is 0.147. The topological polar surface area (TPSA) is 46.5 Å². The maximum atomic E-state index is 12.2. The van der Waals surface area contributed by atoms with Crippen LogP contribution in [0.25, 0.3) is 0 Å². The van der Waals surface area contributed by atoms with Crippen LogP contribution in [0.15, 0.2) is 11.3 Å². The summed E-state index contributed by atoms with van der Waals surface area (Å²) < 4.78 is 5.70. The van der Waals surface area contributed by atoms with Crippen molar-refractivity contribution in [2.24, 2.45) is 17.3 Å². The Kier molecular flexibility index (Phi) is 2.83. The molecule has 0 aliphatic heterocycles. The van der Waals surface area contributed by atoms with E-state index in [1.165, 1.54) is 5.57 Å². The Morgan fingerprint density at radius 1 is 1.47 bits per heavy atom. The summed E-state index contributed by atoms with van der Waals surface area (Å²) in [6, 6.07) is 0. The van der Waals surface area contributed by atoms with Gasteiger partial charge in [0.15, 0.2) is 0 Å². The molecule has 3 nitrogen and oxygen atoms in total. The molecule has 0 radical (unpaired) electrons. The molecule has 3 unspecified atom stereocenters. The molecule has 3 heteroatoms. The molecule has 3 aliphatic carbocycles. The van der Waals surface area contributed by atoms with Crippen LogP contribution >= 0.6 is 0 Å². The molecular weight excluding hydrogens is 240 g/mol. The van der Waals surface area contributed by atoms with E-state index < -0.39 is 11.0 Å². The van der Waals surface area contributed by atoms with Gasteiger partial charge in [-0.15, -0.1) is 0 Å². The van der Waals surface area contributed by atoms with Crippen molar-refractivity contribution in [3.8, 4) is 0 Å². The van der Waals surface area contributed by atoms with E-state index in [1.807, 2.05) is 20.8 Å². The Bertz CT molecular complexity index is 449. The number of carbonyl (C=O) groups is 1. The van der Waals surface area contributed by atoms with Gasteiger partial charge in [-0.25, -0.2) is 0 Å². The molecule has 3 aliphatic rings. The van der Waals surface area contributed by atoms with Crippen molar-refractivity contribution in [2.75, 3.05) is 0 Å². The summed E-state index contributed by atoms with van der Waals surface area (Å²) in [5.74, 6) is 1.75. The molecule has 3 rings (SSSR count). The van der Waals surface area contributed by atoms with Gasteiger partial charge < -0.3 is 9.84 Å². The van der Waals surface area contributed by atoms with Gasteiger partial charge in [0.05, 0.1) is 11.0 Å². The molecule has 0 spiro atoms. The second-order valence-electron chi connectivity index (χ2n) is 7.29. The molecule has 2 saturated carbocycles. The van der Waals surface area contributed by atoms with Crippen molar-refractivity contribution in [2.45, 2.75) is 64.9 Å². The number of hydrogen-bond acceptors (Lipinski definition) is 3. The summed E-state index contributed by atoms with van der Waals surface area (Å²) in [6.07, 6.45) is 5.29. The molecule has 0 aromatic heterocycles. The third-order valence-electron chi connectivity index (χ3n) is 5.54. The average Bonchev–Trinajstić information content (AvgIpc) is 2.81. The maximum absolute atomic E-state index is 12.2. The minimum Gasteiger partial charge on any atom is -0.431 e. The fraction of sp³-hybridized carbons (Fsp3) is 0.812. The van der Waals surface area contributed by atoms with Gasteiger partial charge >= 0.3 is 5.97 Å². The lowest BCUT2D eigenvalue weighted by Gasteiger charge is -2.32. The van der Waals surface area contributed by atoms with Crippen LogP contribution in [-0.4, -0.2) is 16.7 Å². The van der Waals surface area contributed by atoms with Gasteiger partial charge in [0, 0.05) is 6.42 Å². The first kappa shape index (κ1) is 13.2. The number of allylic oxidation sites excluding steroid dienone is 1. The number of aliphatic hydroxyl groups is 1. The van der Waals surface area contributed by atoms with Crippen molar-refractivity contribution in [3.63, 3.8) is 0 Å². The van der Waals surface area contributed by atoms with E-state index in [0.29, 0.717) is 18.3 Å². The van der Waals surface area contributed by atoms with Crippen molar-refractivity contribution >= 4 is 5.97 Å². The minimum atomic E-state index is -0.606. The predicted molar refractivity (Wildman–Crippen MR) is 72.2 cm³/mol. The first-order chi connectivity index (χ1) is 8.85. The van der Waals surface area contributed by atoms with Crippen molar-refractivity contribution in [1.82, 2.24) is 0 Å². The van der Waals surface area contributed by atoms with Crippen molar-refractivity contribution in [1.29, 1.82) is 0 Å². The van der Waals surface area contributed by atoms with E-state index in [2.05, 4.69) is 0 Å². The van der Waals surface area contributed by atoms with Gasteiger partial charge in [-0.3, -0.25) is 4.79 Å². The standard InChI is InChI=1S/C16H24O3/c1-4-15(2,3)14(17)19-13-9-16(18)7-10-5-6-11(13)12(10)8-16/h10,12,18H,4-9H2,1-3H3. The summed E-state index contributed by atoms with van der Waals surface area (Å²) in [5, 5.41) is 10.6. The monoisotopic (exact) mass is 264 g/mol. The number of ether oxygens (including phenoxy) is 1. The zero-order chi connectivity index (χ0) is 13.8. The molecule has 2 bridgehead atoms. The lowest BCUT2D eigenvalue weighted by molar-refractivity contribution is -0.151. The third kappa shape index (κ3) is 2.03. The lowest BCUT2D eigenvalue weighted by atomic mass is 9.84. The Labute approximate surface area is 115 Å². The highest BCUT2D eigenvalue weighted by molar-refractivity contribution is 5.77. The number of fused-ring (bicyclic) bond motifs is 1. The average molecular weight is 264 g/mol. The highest BCUT2D eigenvalue weighted by Crippen LogP contribution is 2.58. The van der Waals surface area contributed by atoms with Crippen LogP contribution in [0.2, 0.25) is 0 Å². The summed E-state index contributed by atoms with van der Waals surface area (Å²) in [7, 11) is 0. The van der Waals surface area contributed by atoms with Crippen molar-refractivity contribution < 1.29 is 14.6 Å². The fourth-order valence-corrected chi connectivity index (χ4v) is 3.93. The molecule has 0 amide bonds. The highest BCUT2D eigenvalue weighted by atomic mass is 16.5. The first-order valence-corrected chi connectivity index (χ1v) is 7.51. The quantitative estimate of drug-likeness (QED) is 0.796. The summed E-state index contributed by atoms with van der Waals surface area (Å²) >= 11 is 0. The Morgan fingerprint density at radius 3 is 2.89 bits per heavy atom. The largest absolute Gasteiger partial charge is 0.431 e. The van der Waals surface area contributed by atoms with Gasteiger partial charge in [0.25, 0.3) is 0 Å². The van der Waals surface area contributed by atoms with Gasteiger partial charge in [0.1, 0.15) is 5.76 Å². The molecule has 3 atom stereocenters. The summed E-state index contributed by atoms with van der Waals surface area (Å²) in [4.78, 5) is 12.2. The molecule has 19 heavy (non-hydrogen) atoms. The number of hydrogen-bond donors (Lipinski definition) is 1. The van der Waals surface area contributed by atoms with Gasteiger partial charge in [-0.1, -0.05) is 6.92 Å². The van der Waals surface area contributed by atoms with E-state index >= 15 is 0 Å². The Balaban J connectivity index is 1.84. The van der Waals surface area contributed by atoms with Gasteiger partial charge in [-0.05, 0) is 63.4 Å². The maximum Gasteiger partial charge on any atom is 0.316 e. The van der Waals surface area contributed by atoms with Crippen LogP contribution < -0.4 is 0 Å². The molecule has 1 N–H and O–H groups in total. The normalized spacial score (nSPS) is 36.8. The van der Waals surface area contributed by atoms with Gasteiger partial charge in [0.2, 0.25) is 0 Å². The molecule has 106 valence electrons. The molecule has 0 saturated heterocycles. The predicted octanol–water partition coefficient (Wildman–Crippen LogP) is 3.17. The van der Waals surface area contributed by atoms with E-state index in [1.54, 1.807) is 0 Å². The van der Waals surface area contributed by atoms with Crippen LogP contribution in [0.3, 0.4) is 0 Å². The summed E-state index contributed by atoms with van der Waals surface area (Å²) in [5.41, 5.74) is 0.281. The first-order valence-electron chi connectivity index (χ1n) is 7.51. The SMILES string of the molecule is CCC(C)(C)C(=O)OC1=C2CCC3CC(O)(C1)CC23. The molecule has 2 fully saturated rings. The van der Waals surface area contributed by atoms with Crippen LogP contribution in [0.1, 0.15) is 59.3 Å². The summed E-state index contributed by atoms with van der Waals surface area (Å²) in [6.45, 7) is 5.84. The van der Waals surface area contributed by atoms with Crippen LogP contribution in [0.4, 0.5) is 0 Å². The highest BCUT2D eigenvalue weighted by Gasteiger charge is 2.53. The third-order valence-corrected chi connectivity index (χ3v) is 5.54. The number of rotatable bonds is 3. The van der Waals surface area contributed by atoms with Crippen LogP contribution in [-0.2, 0) is 9.53 Å².